The summed E-state index contributed by atoms with van der Waals surface area (Å²) >= 11 is 0. The molecule has 0 spiro atoms. The van der Waals surface area contributed by atoms with Gasteiger partial charge < -0.3 is 9.47 Å². The van der Waals surface area contributed by atoms with Crippen LogP contribution in [0.2, 0.25) is 0 Å². The van der Waals surface area contributed by atoms with Gasteiger partial charge in [-0.3, -0.25) is 0 Å². The van der Waals surface area contributed by atoms with Crippen LogP contribution in [0.5, 0.6) is 0 Å². The summed E-state index contributed by atoms with van der Waals surface area (Å²) in [5.74, 6) is 0.169. The largest absolute Gasteiger partial charge is 0.462 e. The molecule has 1 aromatic heterocycles. The molecule has 1 heterocycles. The zero-order valence-corrected chi connectivity index (χ0v) is 9.11. The van der Waals surface area contributed by atoms with Crippen LogP contribution in [0.1, 0.15) is 28.8 Å². The number of carbonyl (C=O) groups is 1. The van der Waals surface area contributed by atoms with Gasteiger partial charge in [-0.05, 0) is 13.8 Å². The van der Waals surface area contributed by atoms with Gasteiger partial charge in [0.15, 0.2) is 5.82 Å². The van der Waals surface area contributed by atoms with Gasteiger partial charge in [0.05, 0.1) is 17.9 Å². The lowest BCUT2D eigenvalue weighted by Gasteiger charge is -2.05. The second-order valence-electron chi connectivity index (χ2n) is 2.94. The monoisotopic (exact) mass is 210 g/mol. The van der Waals surface area contributed by atoms with Crippen LogP contribution in [-0.4, -0.2) is 29.7 Å². The van der Waals surface area contributed by atoms with Gasteiger partial charge in [-0.2, -0.15) is 0 Å². The molecule has 0 saturated carbocycles. The quantitative estimate of drug-likeness (QED) is 0.696. The van der Waals surface area contributed by atoms with E-state index in [1.54, 1.807) is 21.0 Å². The molecule has 0 aliphatic rings. The van der Waals surface area contributed by atoms with E-state index < -0.39 is 0 Å². The molecule has 15 heavy (non-hydrogen) atoms. The number of rotatable bonds is 4. The molecule has 0 unspecified atom stereocenters. The van der Waals surface area contributed by atoms with Crippen LogP contribution in [-0.2, 0) is 16.1 Å². The Morgan fingerprint density at radius 2 is 2.27 bits per heavy atom. The lowest BCUT2D eigenvalue weighted by molar-refractivity contribution is 0.0524. The number of aryl methyl sites for hydroxylation is 1. The number of methoxy groups -OCH3 is 1. The summed E-state index contributed by atoms with van der Waals surface area (Å²) in [5, 5.41) is 0. The van der Waals surface area contributed by atoms with Crippen molar-refractivity contribution >= 4 is 5.97 Å². The van der Waals surface area contributed by atoms with Gasteiger partial charge in [0.25, 0.3) is 0 Å². The van der Waals surface area contributed by atoms with Crippen LogP contribution in [0.15, 0.2) is 6.20 Å². The molecule has 5 nitrogen and oxygen atoms in total. The Morgan fingerprint density at radius 1 is 1.53 bits per heavy atom. The summed E-state index contributed by atoms with van der Waals surface area (Å²) in [6, 6.07) is 0. The second-order valence-corrected chi connectivity index (χ2v) is 2.94. The molecular weight excluding hydrogens is 196 g/mol. The fraction of sp³-hybridized carbons (Fsp3) is 0.500. The molecule has 0 radical (unpaired) electrons. The van der Waals surface area contributed by atoms with E-state index >= 15 is 0 Å². The maximum atomic E-state index is 11.4. The molecule has 0 amide bonds. The molecule has 0 saturated heterocycles. The third-order valence-corrected chi connectivity index (χ3v) is 1.80. The smallest absolute Gasteiger partial charge is 0.341 e. The molecule has 1 aromatic rings. The Bertz CT molecular complexity index is 353. The minimum absolute atomic E-state index is 0.337. The maximum absolute atomic E-state index is 11.4. The first kappa shape index (κ1) is 11.6. The van der Waals surface area contributed by atoms with E-state index in [1.165, 1.54) is 6.20 Å². The molecule has 0 aliphatic heterocycles. The van der Waals surface area contributed by atoms with Gasteiger partial charge in [-0.15, -0.1) is 0 Å². The lowest BCUT2D eigenvalue weighted by atomic mass is 10.2. The summed E-state index contributed by atoms with van der Waals surface area (Å²) in [7, 11) is 1.57. The van der Waals surface area contributed by atoms with E-state index in [0.29, 0.717) is 30.3 Å². The highest BCUT2D eigenvalue weighted by Crippen LogP contribution is 2.06. The number of nitrogens with zero attached hydrogens (tertiary/aromatic N) is 2. The predicted molar refractivity (Wildman–Crippen MR) is 53.4 cm³/mol. The van der Waals surface area contributed by atoms with Crippen molar-refractivity contribution < 1.29 is 14.3 Å². The van der Waals surface area contributed by atoms with E-state index in [2.05, 4.69) is 9.97 Å². The van der Waals surface area contributed by atoms with Crippen molar-refractivity contribution in [3.8, 4) is 0 Å². The zero-order chi connectivity index (χ0) is 11.3. The summed E-state index contributed by atoms with van der Waals surface area (Å²) in [6.45, 7) is 4.18. The van der Waals surface area contributed by atoms with Crippen LogP contribution >= 0.6 is 0 Å². The van der Waals surface area contributed by atoms with Crippen LogP contribution in [0.4, 0.5) is 0 Å². The first-order valence-corrected chi connectivity index (χ1v) is 4.67. The van der Waals surface area contributed by atoms with E-state index in [0.717, 1.165) is 0 Å². The Hall–Kier alpha value is -1.49. The maximum Gasteiger partial charge on any atom is 0.341 e. The Labute approximate surface area is 88.4 Å². The molecular formula is C10H14N2O3. The highest BCUT2D eigenvalue weighted by Gasteiger charge is 2.12. The van der Waals surface area contributed by atoms with E-state index in [-0.39, 0.29) is 5.97 Å². The van der Waals surface area contributed by atoms with Crippen LogP contribution in [0.3, 0.4) is 0 Å². The Morgan fingerprint density at radius 3 is 2.80 bits per heavy atom. The first-order valence-electron chi connectivity index (χ1n) is 4.67. The third kappa shape index (κ3) is 2.99. The summed E-state index contributed by atoms with van der Waals surface area (Å²) < 4.78 is 9.75. The van der Waals surface area contributed by atoms with Crippen molar-refractivity contribution in [2.45, 2.75) is 20.5 Å². The van der Waals surface area contributed by atoms with Crippen LogP contribution in [0, 0.1) is 6.92 Å². The van der Waals surface area contributed by atoms with Crippen molar-refractivity contribution in [1.82, 2.24) is 9.97 Å². The molecule has 0 aromatic carbocycles. The van der Waals surface area contributed by atoms with Crippen molar-refractivity contribution in [3.05, 3.63) is 23.3 Å². The van der Waals surface area contributed by atoms with E-state index in [4.69, 9.17) is 9.47 Å². The minimum atomic E-state index is -0.390. The average molecular weight is 210 g/mol. The average Bonchev–Trinajstić information content (AvgIpc) is 2.18. The summed E-state index contributed by atoms with van der Waals surface area (Å²) in [6.07, 6.45) is 1.47. The van der Waals surface area contributed by atoms with Gasteiger partial charge >= 0.3 is 5.97 Å². The van der Waals surface area contributed by atoms with E-state index in [1.807, 2.05) is 0 Å². The van der Waals surface area contributed by atoms with Crippen molar-refractivity contribution in [2.24, 2.45) is 0 Å². The topological polar surface area (TPSA) is 61.3 Å². The summed E-state index contributed by atoms with van der Waals surface area (Å²) in [5.41, 5.74) is 1.01. The number of ether oxygens (including phenoxy) is 2. The van der Waals surface area contributed by atoms with Crippen LogP contribution in [0.25, 0.3) is 0 Å². The van der Waals surface area contributed by atoms with Gasteiger partial charge in [0.1, 0.15) is 6.61 Å². The predicted octanol–water partition coefficient (Wildman–Crippen LogP) is 1.11. The molecule has 1 rings (SSSR count). The molecule has 0 bridgehead atoms. The third-order valence-electron chi connectivity index (χ3n) is 1.80. The number of hydrogen-bond donors (Lipinski definition) is 0. The van der Waals surface area contributed by atoms with Gasteiger partial charge in [0.2, 0.25) is 0 Å². The highest BCUT2D eigenvalue weighted by atomic mass is 16.5. The molecule has 0 fully saturated rings. The lowest BCUT2D eigenvalue weighted by Crippen LogP contribution is -2.10. The van der Waals surface area contributed by atoms with Crippen LogP contribution < -0.4 is 0 Å². The SMILES string of the molecule is CCOC(=O)c1cnc(COC)nc1C. The highest BCUT2D eigenvalue weighted by molar-refractivity contribution is 5.90. The molecule has 0 N–H and O–H groups in total. The molecule has 0 aliphatic carbocycles. The normalized spacial score (nSPS) is 10.1. The first-order chi connectivity index (χ1) is 7.19. The Kier molecular flexibility index (Phi) is 4.17. The van der Waals surface area contributed by atoms with Crippen molar-refractivity contribution in [3.63, 3.8) is 0 Å². The number of esters is 1. The number of hydrogen-bond acceptors (Lipinski definition) is 5. The van der Waals surface area contributed by atoms with Crippen molar-refractivity contribution in [1.29, 1.82) is 0 Å². The Balaban J connectivity index is 2.87. The fourth-order valence-electron chi connectivity index (χ4n) is 1.12. The minimum Gasteiger partial charge on any atom is -0.462 e. The standard InChI is InChI=1S/C10H14N2O3/c1-4-15-10(13)8-5-11-9(6-14-3)12-7(8)2/h5H,4,6H2,1-3H3. The fourth-order valence-corrected chi connectivity index (χ4v) is 1.12. The van der Waals surface area contributed by atoms with Gasteiger partial charge in [-0.1, -0.05) is 0 Å². The number of carbonyl (C=O) groups excluding carboxylic acids is 1. The second kappa shape index (κ2) is 5.41. The van der Waals surface area contributed by atoms with Gasteiger partial charge in [0, 0.05) is 13.3 Å². The van der Waals surface area contributed by atoms with Crippen molar-refractivity contribution in [2.75, 3.05) is 13.7 Å². The zero-order valence-electron chi connectivity index (χ0n) is 9.11. The molecule has 5 heteroatoms. The molecule has 82 valence electrons. The summed E-state index contributed by atoms with van der Waals surface area (Å²) in [4.78, 5) is 19.5. The molecule has 0 atom stereocenters. The van der Waals surface area contributed by atoms with Gasteiger partial charge in [-0.25, -0.2) is 14.8 Å². The van der Waals surface area contributed by atoms with E-state index in [9.17, 15) is 4.79 Å². The number of aromatic nitrogens is 2.